The van der Waals surface area contributed by atoms with Gasteiger partial charge >= 0.3 is 0 Å². The highest BCUT2D eigenvalue weighted by molar-refractivity contribution is 5.98. The van der Waals surface area contributed by atoms with Crippen molar-refractivity contribution >= 4 is 27.6 Å². The summed E-state index contributed by atoms with van der Waals surface area (Å²) < 4.78 is 2.38. The Morgan fingerprint density at radius 3 is 2.27 bits per heavy atom. The van der Waals surface area contributed by atoms with E-state index in [4.69, 9.17) is 9.97 Å². The molecule has 1 saturated carbocycles. The summed E-state index contributed by atoms with van der Waals surface area (Å²) >= 11 is 0. The van der Waals surface area contributed by atoms with Gasteiger partial charge in [0, 0.05) is 10.8 Å². The molecule has 0 unspecified atom stereocenters. The molecule has 4 aromatic rings. The van der Waals surface area contributed by atoms with Crippen LogP contribution in [0.5, 0.6) is 0 Å². The second-order valence-corrected chi connectivity index (χ2v) is 11.0. The Hall–Kier alpha value is -2.42. The molecule has 2 aromatic heterocycles. The van der Waals surface area contributed by atoms with Gasteiger partial charge in [0.2, 0.25) is 0 Å². The van der Waals surface area contributed by atoms with Crippen LogP contribution >= 0.6 is 0 Å². The number of nitrogens with zero attached hydrogens (tertiary/aromatic N) is 3. The molecule has 0 spiro atoms. The van der Waals surface area contributed by atoms with Crippen LogP contribution in [0.2, 0.25) is 0 Å². The molecule has 0 amide bonds. The fourth-order valence-corrected chi connectivity index (χ4v) is 6.52. The normalized spacial score (nSPS) is 22.9. The third-order valence-electron chi connectivity index (χ3n) is 7.98. The largest absolute Gasteiger partial charge is 0.279 e. The predicted molar refractivity (Wildman–Crippen MR) is 123 cm³/mol. The number of aryl methyl sites for hydroxylation is 2. The first kappa shape index (κ1) is 17.3. The smallest absolute Gasteiger partial charge is 0.148 e. The van der Waals surface area contributed by atoms with E-state index >= 15 is 0 Å². The van der Waals surface area contributed by atoms with Crippen molar-refractivity contribution in [3.8, 4) is 0 Å². The summed E-state index contributed by atoms with van der Waals surface area (Å²) in [7, 11) is 0. The van der Waals surface area contributed by atoms with Gasteiger partial charge in [0.25, 0.3) is 0 Å². The minimum Gasteiger partial charge on any atom is -0.279 e. The van der Waals surface area contributed by atoms with E-state index in [0.717, 1.165) is 34.3 Å². The molecule has 2 aromatic carbocycles. The van der Waals surface area contributed by atoms with Crippen molar-refractivity contribution in [2.24, 2.45) is 0 Å². The molecule has 2 atom stereocenters. The van der Waals surface area contributed by atoms with Crippen molar-refractivity contribution in [3.63, 3.8) is 0 Å². The first-order chi connectivity index (χ1) is 14.5. The number of imidazole rings is 1. The number of aromatic nitrogens is 3. The molecular weight excluding hydrogens is 366 g/mol. The van der Waals surface area contributed by atoms with Gasteiger partial charge in [0.1, 0.15) is 11.5 Å². The maximum absolute atomic E-state index is 5.29. The fraction of sp³-hybridized carbons (Fsp3) is 0.481. The topological polar surface area (TPSA) is 30.2 Å². The summed E-state index contributed by atoms with van der Waals surface area (Å²) in [5.41, 5.74) is 10.7. The maximum Gasteiger partial charge on any atom is 0.148 e. The summed E-state index contributed by atoms with van der Waals surface area (Å²) in [6, 6.07) is 9.65. The average Bonchev–Trinajstić information content (AvgIpc) is 3.43. The summed E-state index contributed by atoms with van der Waals surface area (Å²) in [6.07, 6.45) is 9.06. The Kier molecular flexibility index (Phi) is 3.24. The highest BCUT2D eigenvalue weighted by Gasteiger charge is 2.37. The zero-order valence-electron chi connectivity index (χ0n) is 18.3. The van der Waals surface area contributed by atoms with Crippen LogP contribution in [0.1, 0.15) is 92.8 Å². The van der Waals surface area contributed by atoms with E-state index in [2.05, 4.69) is 49.4 Å². The van der Waals surface area contributed by atoms with Gasteiger partial charge in [-0.1, -0.05) is 20.8 Å². The van der Waals surface area contributed by atoms with Crippen molar-refractivity contribution in [1.29, 1.82) is 0 Å². The van der Waals surface area contributed by atoms with Crippen molar-refractivity contribution in [1.82, 2.24) is 14.4 Å². The van der Waals surface area contributed by atoms with Crippen LogP contribution in [-0.2, 0) is 18.3 Å². The van der Waals surface area contributed by atoms with E-state index in [1.54, 1.807) is 11.1 Å². The van der Waals surface area contributed by atoms with Crippen molar-refractivity contribution in [3.05, 3.63) is 52.3 Å². The third-order valence-corrected chi connectivity index (χ3v) is 7.98. The Morgan fingerprint density at radius 1 is 0.833 bits per heavy atom. The molecule has 1 fully saturated rings. The average molecular weight is 396 g/mol. The second kappa shape index (κ2) is 5.63. The molecular formula is C27H29N3. The standard InChI is InChI=1S/C27H29N3/c1-27(2,3)26-29-22-14-20-18-9-8-17(10-18)19(20)13-21(22)25-28-23-11-15-6-4-5-7-16(15)12-24(23)30(25)26/h11-14,17-18H,4-10H2,1-3H3/t17-,18+/m1/s1. The van der Waals surface area contributed by atoms with Crippen LogP contribution in [0.25, 0.3) is 27.6 Å². The molecule has 152 valence electrons. The van der Waals surface area contributed by atoms with Gasteiger partial charge in [-0.05, 0) is 103 Å². The van der Waals surface area contributed by atoms with Crippen molar-refractivity contribution in [2.75, 3.05) is 0 Å². The maximum atomic E-state index is 5.29. The third kappa shape index (κ3) is 2.21. The quantitative estimate of drug-likeness (QED) is 0.337. The van der Waals surface area contributed by atoms with E-state index in [1.807, 2.05) is 0 Å². The fourth-order valence-electron chi connectivity index (χ4n) is 6.52. The molecule has 0 aliphatic heterocycles. The van der Waals surface area contributed by atoms with Crippen LogP contribution < -0.4 is 0 Å². The Morgan fingerprint density at radius 2 is 1.53 bits per heavy atom. The molecule has 2 heterocycles. The Labute approximate surface area is 177 Å². The monoisotopic (exact) mass is 395 g/mol. The number of rotatable bonds is 0. The SMILES string of the molecule is CC(C)(C)c1nc2cc3c(cc2c2nc4cc5c(cc4n12)CCCC5)[C@@H]1CC[C@H]3C1. The van der Waals surface area contributed by atoms with E-state index in [0.29, 0.717) is 0 Å². The number of fused-ring (bicyclic) bond motifs is 11. The van der Waals surface area contributed by atoms with Crippen LogP contribution in [0, 0.1) is 0 Å². The highest BCUT2D eigenvalue weighted by atomic mass is 15.1. The summed E-state index contributed by atoms with van der Waals surface area (Å²) in [5, 5.41) is 1.24. The van der Waals surface area contributed by atoms with E-state index in [1.165, 1.54) is 67.0 Å². The molecule has 3 heteroatoms. The molecule has 0 radical (unpaired) electrons. The van der Waals surface area contributed by atoms with Crippen LogP contribution in [0.3, 0.4) is 0 Å². The van der Waals surface area contributed by atoms with Gasteiger partial charge in [0.15, 0.2) is 0 Å². The van der Waals surface area contributed by atoms with E-state index < -0.39 is 0 Å². The number of hydrogen-bond acceptors (Lipinski definition) is 2. The zero-order chi connectivity index (χ0) is 20.2. The van der Waals surface area contributed by atoms with Crippen molar-refractivity contribution in [2.45, 2.75) is 83.0 Å². The van der Waals surface area contributed by atoms with Gasteiger partial charge < -0.3 is 0 Å². The van der Waals surface area contributed by atoms with Gasteiger partial charge in [-0.3, -0.25) is 4.40 Å². The lowest BCUT2D eigenvalue weighted by Gasteiger charge is -2.22. The second-order valence-electron chi connectivity index (χ2n) is 11.0. The number of benzene rings is 2. The molecule has 3 nitrogen and oxygen atoms in total. The molecule has 7 rings (SSSR count). The molecule has 3 aliphatic rings. The van der Waals surface area contributed by atoms with Crippen LogP contribution in [0.4, 0.5) is 0 Å². The highest BCUT2D eigenvalue weighted by Crippen LogP contribution is 2.54. The molecule has 2 bridgehead atoms. The summed E-state index contributed by atoms with van der Waals surface area (Å²) in [6.45, 7) is 6.83. The minimum absolute atomic E-state index is 0.0476. The van der Waals surface area contributed by atoms with Crippen LogP contribution in [0.15, 0.2) is 24.3 Å². The van der Waals surface area contributed by atoms with Crippen molar-refractivity contribution < 1.29 is 0 Å². The molecule has 0 saturated heterocycles. The summed E-state index contributed by atoms with van der Waals surface area (Å²) in [5.74, 6) is 2.65. The summed E-state index contributed by atoms with van der Waals surface area (Å²) in [4.78, 5) is 10.5. The molecule has 3 aliphatic carbocycles. The lowest BCUT2D eigenvalue weighted by Crippen LogP contribution is -2.19. The van der Waals surface area contributed by atoms with E-state index in [9.17, 15) is 0 Å². The lowest BCUT2D eigenvalue weighted by molar-refractivity contribution is 0.542. The Balaban J connectivity index is 1.63. The number of hydrogen-bond donors (Lipinski definition) is 0. The predicted octanol–water partition coefficient (Wildman–Crippen LogP) is 6.58. The van der Waals surface area contributed by atoms with Crippen LogP contribution in [-0.4, -0.2) is 14.4 Å². The van der Waals surface area contributed by atoms with Gasteiger partial charge in [-0.25, -0.2) is 9.97 Å². The first-order valence-electron chi connectivity index (χ1n) is 11.8. The minimum atomic E-state index is -0.0476. The van der Waals surface area contributed by atoms with Gasteiger partial charge in [-0.15, -0.1) is 0 Å². The Bertz CT molecular complexity index is 1370. The zero-order valence-corrected chi connectivity index (χ0v) is 18.3. The first-order valence-corrected chi connectivity index (χ1v) is 11.8. The molecule has 0 N–H and O–H groups in total. The molecule has 30 heavy (non-hydrogen) atoms. The van der Waals surface area contributed by atoms with Gasteiger partial charge in [-0.2, -0.15) is 0 Å². The van der Waals surface area contributed by atoms with Gasteiger partial charge in [0.05, 0.1) is 16.6 Å². The lowest BCUT2D eigenvalue weighted by atomic mass is 9.90. The van der Waals surface area contributed by atoms with E-state index in [-0.39, 0.29) is 5.41 Å².